The molecule has 1 saturated heterocycles. The zero-order chi connectivity index (χ0) is 14.7. The standard InChI is InChI=1S/C14H17NO3S2/c1-3-12-15(11(8-20-12)14(17)18)13(16)9-4-6-10(19-2)7-5-9/h4-7,11-12H,3,8H2,1-2H3,(H,17,18). The third-order valence-electron chi connectivity index (χ3n) is 3.30. The first-order valence-corrected chi connectivity index (χ1v) is 8.67. The summed E-state index contributed by atoms with van der Waals surface area (Å²) in [6, 6.07) is 6.58. The van der Waals surface area contributed by atoms with Gasteiger partial charge in [0.15, 0.2) is 0 Å². The Balaban J connectivity index is 2.25. The summed E-state index contributed by atoms with van der Waals surface area (Å²) in [7, 11) is 0. The van der Waals surface area contributed by atoms with Crippen molar-refractivity contribution >= 4 is 35.4 Å². The summed E-state index contributed by atoms with van der Waals surface area (Å²) in [5, 5.41) is 9.21. The second-order valence-electron chi connectivity index (χ2n) is 4.49. The van der Waals surface area contributed by atoms with Gasteiger partial charge in [0.2, 0.25) is 0 Å². The van der Waals surface area contributed by atoms with Gasteiger partial charge in [-0.3, -0.25) is 4.79 Å². The molecule has 2 unspecified atom stereocenters. The fourth-order valence-electron chi connectivity index (χ4n) is 2.22. The highest BCUT2D eigenvalue weighted by atomic mass is 32.2. The van der Waals surface area contributed by atoms with Crippen LogP contribution < -0.4 is 0 Å². The Morgan fingerprint density at radius 1 is 1.40 bits per heavy atom. The van der Waals surface area contributed by atoms with Crippen LogP contribution in [0.15, 0.2) is 29.2 Å². The minimum Gasteiger partial charge on any atom is -0.480 e. The average Bonchev–Trinajstić information content (AvgIpc) is 2.90. The van der Waals surface area contributed by atoms with Gasteiger partial charge in [-0.1, -0.05) is 6.92 Å². The van der Waals surface area contributed by atoms with Gasteiger partial charge in [-0.2, -0.15) is 0 Å². The zero-order valence-electron chi connectivity index (χ0n) is 11.4. The summed E-state index contributed by atoms with van der Waals surface area (Å²) in [4.78, 5) is 26.5. The van der Waals surface area contributed by atoms with Crippen LogP contribution in [0.2, 0.25) is 0 Å². The molecule has 0 saturated carbocycles. The fourth-order valence-corrected chi connectivity index (χ4v) is 3.98. The van der Waals surface area contributed by atoms with Crippen molar-refractivity contribution in [2.45, 2.75) is 29.7 Å². The van der Waals surface area contributed by atoms with Gasteiger partial charge in [0.1, 0.15) is 6.04 Å². The molecule has 1 aromatic rings. The van der Waals surface area contributed by atoms with Crippen LogP contribution in [0.1, 0.15) is 23.7 Å². The minimum absolute atomic E-state index is 0.0520. The van der Waals surface area contributed by atoms with E-state index in [-0.39, 0.29) is 11.3 Å². The van der Waals surface area contributed by atoms with E-state index in [1.54, 1.807) is 23.9 Å². The molecular weight excluding hydrogens is 294 g/mol. The van der Waals surface area contributed by atoms with Crippen LogP contribution >= 0.6 is 23.5 Å². The second-order valence-corrected chi connectivity index (χ2v) is 6.58. The normalized spacial score (nSPS) is 22.0. The molecule has 1 aliphatic heterocycles. The van der Waals surface area contributed by atoms with Gasteiger partial charge < -0.3 is 10.0 Å². The van der Waals surface area contributed by atoms with Crippen LogP contribution in [-0.2, 0) is 4.79 Å². The number of carbonyl (C=O) groups excluding carboxylic acids is 1. The summed E-state index contributed by atoms with van der Waals surface area (Å²) in [6.45, 7) is 1.97. The Hall–Kier alpha value is -1.14. The molecule has 2 rings (SSSR count). The van der Waals surface area contributed by atoms with E-state index >= 15 is 0 Å². The van der Waals surface area contributed by atoms with Crippen molar-refractivity contribution < 1.29 is 14.7 Å². The van der Waals surface area contributed by atoms with Crippen LogP contribution in [0.25, 0.3) is 0 Å². The Labute approximate surface area is 126 Å². The average molecular weight is 311 g/mol. The molecule has 2 atom stereocenters. The molecule has 0 bridgehead atoms. The smallest absolute Gasteiger partial charge is 0.327 e. The first-order chi connectivity index (χ1) is 9.58. The number of nitrogens with zero attached hydrogens (tertiary/aromatic N) is 1. The summed E-state index contributed by atoms with van der Waals surface area (Å²) in [5.41, 5.74) is 0.551. The molecular formula is C14H17NO3S2. The highest BCUT2D eigenvalue weighted by molar-refractivity contribution is 8.00. The highest BCUT2D eigenvalue weighted by Gasteiger charge is 2.40. The van der Waals surface area contributed by atoms with Crippen molar-refractivity contribution in [3.63, 3.8) is 0 Å². The summed E-state index contributed by atoms with van der Waals surface area (Å²) >= 11 is 3.15. The Morgan fingerprint density at radius 2 is 2.05 bits per heavy atom. The number of carboxylic acids is 1. The van der Waals surface area contributed by atoms with Crippen molar-refractivity contribution in [2.75, 3.05) is 12.0 Å². The van der Waals surface area contributed by atoms with E-state index in [4.69, 9.17) is 0 Å². The third kappa shape index (κ3) is 2.96. The molecule has 0 radical (unpaired) electrons. The largest absolute Gasteiger partial charge is 0.480 e. The van der Waals surface area contributed by atoms with Crippen molar-refractivity contribution in [1.29, 1.82) is 0 Å². The topological polar surface area (TPSA) is 57.6 Å². The summed E-state index contributed by atoms with van der Waals surface area (Å²) in [5.74, 6) is -0.660. The molecule has 108 valence electrons. The predicted octanol–water partition coefficient (Wildman–Crippen LogP) is 2.79. The van der Waals surface area contributed by atoms with E-state index in [0.717, 1.165) is 11.3 Å². The molecule has 0 aromatic heterocycles. The van der Waals surface area contributed by atoms with E-state index in [9.17, 15) is 14.7 Å². The summed E-state index contributed by atoms with van der Waals surface area (Å²) in [6.07, 6.45) is 2.73. The van der Waals surface area contributed by atoms with Crippen molar-refractivity contribution in [3.8, 4) is 0 Å². The van der Waals surface area contributed by atoms with Gasteiger partial charge in [-0.25, -0.2) is 4.79 Å². The number of rotatable bonds is 4. The SMILES string of the molecule is CCC1SCC(C(=O)O)N1C(=O)c1ccc(SC)cc1. The molecule has 1 amide bonds. The van der Waals surface area contributed by atoms with E-state index < -0.39 is 12.0 Å². The maximum atomic E-state index is 12.6. The lowest BCUT2D eigenvalue weighted by molar-refractivity contribution is -0.141. The van der Waals surface area contributed by atoms with E-state index in [1.807, 2.05) is 25.3 Å². The van der Waals surface area contributed by atoms with Crippen molar-refractivity contribution in [3.05, 3.63) is 29.8 Å². The number of carbonyl (C=O) groups is 2. The number of benzene rings is 1. The molecule has 0 spiro atoms. The monoisotopic (exact) mass is 311 g/mol. The number of amides is 1. The first kappa shape index (κ1) is 15.3. The van der Waals surface area contributed by atoms with E-state index in [0.29, 0.717) is 11.3 Å². The molecule has 20 heavy (non-hydrogen) atoms. The number of thioether (sulfide) groups is 2. The second kappa shape index (κ2) is 6.54. The van der Waals surface area contributed by atoms with Gasteiger partial charge in [-0.15, -0.1) is 23.5 Å². The van der Waals surface area contributed by atoms with Gasteiger partial charge in [0.05, 0.1) is 5.37 Å². The molecule has 4 nitrogen and oxygen atoms in total. The Kier molecular flexibility index (Phi) is 4.99. The number of hydrogen-bond donors (Lipinski definition) is 1. The lowest BCUT2D eigenvalue weighted by Gasteiger charge is -2.26. The first-order valence-electron chi connectivity index (χ1n) is 6.39. The molecule has 1 heterocycles. The van der Waals surface area contributed by atoms with E-state index in [2.05, 4.69) is 0 Å². The molecule has 1 fully saturated rings. The third-order valence-corrected chi connectivity index (χ3v) is 5.50. The van der Waals surface area contributed by atoms with Crippen LogP contribution in [-0.4, -0.2) is 45.3 Å². The highest BCUT2D eigenvalue weighted by Crippen LogP contribution is 2.32. The number of hydrogen-bond acceptors (Lipinski definition) is 4. The molecule has 6 heteroatoms. The van der Waals surface area contributed by atoms with Crippen molar-refractivity contribution in [2.24, 2.45) is 0 Å². The Bertz CT molecular complexity index is 504. The van der Waals surface area contributed by atoms with Gasteiger partial charge in [-0.05, 0) is 36.9 Å². The maximum absolute atomic E-state index is 12.6. The van der Waals surface area contributed by atoms with Crippen molar-refractivity contribution in [1.82, 2.24) is 4.90 Å². The number of carboxylic acid groups (broad SMARTS) is 1. The fraction of sp³-hybridized carbons (Fsp3) is 0.429. The van der Waals surface area contributed by atoms with Gasteiger partial charge >= 0.3 is 5.97 Å². The Morgan fingerprint density at radius 3 is 2.55 bits per heavy atom. The quantitative estimate of drug-likeness (QED) is 0.867. The lowest BCUT2D eigenvalue weighted by Crippen LogP contribution is -2.45. The summed E-state index contributed by atoms with van der Waals surface area (Å²) < 4.78 is 0. The van der Waals surface area contributed by atoms with Crippen LogP contribution in [0.4, 0.5) is 0 Å². The molecule has 1 N–H and O–H groups in total. The molecule has 1 aliphatic rings. The molecule has 0 aliphatic carbocycles. The zero-order valence-corrected chi connectivity index (χ0v) is 13.0. The lowest BCUT2D eigenvalue weighted by atomic mass is 10.1. The van der Waals surface area contributed by atoms with Gasteiger partial charge in [0, 0.05) is 16.2 Å². The molecule has 1 aromatic carbocycles. The number of aliphatic carboxylic acids is 1. The van der Waals surface area contributed by atoms with Crippen LogP contribution in [0.3, 0.4) is 0 Å². The maximum Gasteiger partial charge on any atom is 0.327 e. The van der Waals surface area contributed by atoms with Crippen LogP contribution in [0.5, 0.6) is 0 Å². The van der Waals surface area contributed by atoms with Gasteiger partial charge in [0.25, 0.3) is 5.91 Å². The predicted molar refractivity (Wildman–Crippen MR) is 82.4 cm³/mol. The minimum atomic E-state index is -0.928. The van der Waals surface area contributed by atoms with Crippen LogP contribution in [0, 0.1) is 0 Å². The van der Waals surface area contributed by atoms with E-state index in [1.165, 1.54) is 16.7 Å².